The minimum atomic E-state index is -0.724. The maximum absolute atomic E-state index is 14.7. The van der Waals surface area contributed by atoms with E-state index in [4.69, 9.17) is 0 Å². The zero-order valence-electron chi connectivity index (χ0n) is 21.7. The maximum atomic E-state index is 14.7. The molecule has 1 aliphatic carbocycles. The van der Waals surface area contributed by atoms with Crippen LogP contribution in [-0.2, 0) is 35.4 Å². The highest BCUT2D eigenvalue weighted by atomic mass is 19.1. The van der Waals surface area contributed by atoms with Gasteiger partial charge in [0.15, 0.2) is 0 Å². The van der Waals surface area contributed by atoms with Crippen molar-refractivity contribution >= 4 is 11.8 Å². The average molecular weight is 501 g/mol. The predicted octanol–water partition coefficient (Wildman–Crippen LogP) is 6.02. The zero-order chi connectivity index (χ0) is 26.0. The topological polar surface area (TPSA) is 49.4 Å². The second kappa shape index (κ2) is 13.2. The molecule has 0 aliphatic heterocycles. The number of hydrogen-bond donors (Lipinski definition) is 1. The summed E-state index contributed by atoms with van der Waals surface area (Å²) in [6.07, 6.45) is 6.28. The summed E-state index contributed by atoms with van der Waals surface area (Å²) >= 11 is 0. The SMILES string of the molecule is CCc1ccc(CCC(=O)N(Cc2ccccc2F)[C@H](Cc2ccccc2)C(=O)NC2CCCC2)cc1. The lowest BCUT2D eigenvalue weighted by molar-refractivity contribution is -0.141. The molecule has 0 unspecified atom stereocenters. The molecule has 1 atom stereocenters. The van der Waals surface area contributed by atoms with Crippen LogP contribution in [0, 0.1) is 5.82 Å². The van der Waals surface area contributed by atoms with Gasteiger partial charge in [-0.25, -0.2) is 4.39 Å². The Bertz CT molecular complexity index is 1160. The summed E-state index contributed by atoms with van der Waals surface area (Å²) in [5, 5.41) is 3.19. The Morgan fingerprint density at radius 3 is 2.22 bits per heavy atom. The average Bonchev–Trinajstić information content (AvgIpc) is 3.44. The minimum absolute atomic E-state index is 0.0515. The van der Waals surface area contributed by atoms with Crippen molar-refractivity contribution in [1.29, 1.82) is 0 Å². The molecule has 2 amide bonds. The van der Waals surface area contributed by atoms with Crippen molar-refractivity contribution in [2.24, 2.45) is 0 Å². The number of amides is 2. The monoisotopic (exact) mass is 500 g/mol. The molecule has 0 aromatic heterocycles. The molecule has 3 aromatic rings. The van der Waals surface area contributed by atoms with Crippen LogP contribution < -0.4 is 5.32 Å². The van der Waals surface area contributed by atoms with Crippen LogP contribution in [0.2, 0.25) is 0 Å². The molecule has 1 saturated carbocycles. The fraction of sp³-hybridized carbons (Fsp3) is 0.375. The Morgan fingerprint density at radius 1 is 0.892 bits per heavy atom. The highest BCUT2D eigenvalue weighted by Gasteiger charge is 2.32. The first-order valence-corrected chi connectivity index (χ1v) is 13.5. The number of nitrogens with one attached hydrogen (secondary N) is 1. The van der Waals surface area contributed by atoms with Gasteiger partial charge in [-0.05, 0) is 48.4 Å². The highest BCUT2D eigenvalue weighted by molar-refractivity contribution is 5.88. The summed E-state index contributed by atoms with van der Waals surface area (Å²) < 4.78 is 14.7. The van der Waals surface area contributed by atoms with E-state index in [1.54, 1.807) is 23.1 Å². The molecule has 194 valence electrons. The van der Waals surface area contributed by atoms with Gasteiger partial charge in [-0.3, -0.25) is 9.59 Å². The lowest BCUT2D eigenvalue weighted by atomic mass is 10.0. The van der Waals surface area contributed by atoms with Crippen molar-refractivity contribution in [3.8, 4) is 0 Å². The van der Waals surface area contributed by atoms with Gasteiger partial charge in [0.1, 0.15) is 11.9 Å². The lowest BCUT2D eigenvalue weighted by Crippen LogP contribution is -2.52. The van der Waals surface area contributed by atoms with Crippen LogP contribution in [-0.4, -0.2) is 28.8 Å². The Labute approximate surface area is 219 Å². The Kier molecular flexibility index (Phi) is 9.47. The van der Waals surface area contributed by atoms with E-state index in [1.165, 1.54) is 11.6 Å². The first kappa shape index (κ1) is 26.6. The normalized spacial score (nSPS) is 14.3. The molecule has 0 bridgehead atoms. The molecule has 1 N–H and O–H groups in total. The van der Waals surface area contributed by atoms with E-state index in [-0.39, 0.29) is 36.6 Å². The van der Waals surface area contributed by atoms with Gasteiger partial charge in [-0.15, -0.1) is 0 Å². The van der Waals surface area contributed by atoms with E-state index in [2.05, 4.69) is 36.5 Å². The summed E-state index contributed by atoms with van der Waals surface area (Å²) in [4.78, 5) is 29.0. The van der Waals surface area contributed by atoms with Gasteiger partial charge in [0.05, 0.1) is 0 Å². The van der Waals surface area contributed by atoms with Crippen molar-refractivity contribution in [1.82, 2.24) is 10.2 Å². The van der Waals surface area contributed by atoms with Gasteiger partial charge in [-0.1, -0.05) is 92.6 Å². The van der Waals surface area contributed by atoms with Gasteiger partial charge < -0.3 is 10.2 Å². The third kappa shape index (κ3) is 7.51. The van der Waals surface area contributed by atoms with Gasteiger partial charge in [0.25, 0.3) is 0 Å². The third-order valence-electron chi connectivity index (χ3n) is 7.33. The van der Waals surface area contributed by atoms with Gasteiger partial charge >= 0.3 is 0 Å². The van der Waals surface area contributed by atoms with Crippen LogP contribution in [0.4, 0.5) is 4.39 Å². The van der Waals surface area contributed by atoms with E-state index < -0.39 is 6.04 Å². The summed E-state index contributed by atoms with van der Waals surface area (Å²) in [6.45, 7) is 2.17. The van der Waals surface area contributed by atoms with E-state index in [0.29, 0.717) is 18.4 Å². The molecule has 1 aliphatic rings. The van der Waals surface area contributed by atoms with Crippen LogP contribution in [0.15, 0.2) is 78.9 Å². The van der Waals surface area contributed by atoms with E-state index in [0.717, 1.165) is 43.2 Å². The minimum Gasteiger partial charge on any atom is -0.352 e. The smallest absolute Gasteiger partial charge is 0.243 e. The second-order valence-electron chi connectivity index (χ2n) is 9.98. The fourth-order valence-corrected chi connectivity index (χ4v) is 5.07. The molecule has 0 spiro atoms. The summed E-state index contributed by atoms with van der Waals surface area (Å²) in [5.74, 6) is -0.678. The molecule has 0 radical (unpaired) electrons. The summed E-state index contributed by atoms with van der Waals surface area (Å²) in [7, 11) is 0. The van der Waals surface area contributed by atoms with Crippen molar-refractivity contribution in [3.63, 3.8) is 0 Å². The number of hydrogen-bond acceptors (Lipinski definition) is 2. The molecular weight excluding hydrogens is 463 g/mol. The zero-order valence-corrected chi connectivity index (χ0v) is 21.7. The predicted molar refractivity (Wildman–Crippen MR) is 145 cm³/mol. The largest absolute Gasteiger partial charge is 0.352 e. The first-order valence-electron chi connectivity index (χ1n) is 13.5. The van der Waals surface area contributed by atoms with Gasteiger partial charge in [-0.2, -0.15) is 0 Å². The van der Waals surface area contributed by atoms with Crippen LogP contribution in [0.5, 0.6) is 0 Å². The molecular formula is C32H37FN2O2. The number of benzene rings is 3. The van der Waals surface area contributed by atoms with Crippen molar-refractivity contribution in [3.05, 3.63) is 107 Å². The van der Waals surface area contributed by atoms with E-state index in [1.807, 2.05) is 30.3 Å². The molecule has 4 nitrogen and oxygen atoms in total. The number of rotatable bonds is 11. The fourth-order valence-electron chi connectivity index (χ4n) is 5.07. The molecule has 5 heteroatoms. The Hall–Kier alpha value is -3.47. The summed E-state index contributed by atoms with van der Waals surface area (Å²) in [5.41, 5.74) is 3.71. The van der Waals surface area contributed by atoms with Gasteiger partial charge in [0, 0.05) is 31.0 Å². The van der Waals surface area contributed by atoms with Crippen LogP contribution in [0.3, 0.4) is 0 Å². The quantitative estimate of drug-likeness (QED) is 0.350. The molecule has 0 heterocycles. The number of nitrogens with zero attached hydrogens (tertiary/aromatic N) is 1. The van der Waals surface area contributed by atoms with Crippen molar-refractivity contribution < 1.29 is 14.0 Å². The maximum Gasteiger partial charge on any atom is 0.243 e. The third-order valence-corrected chi connectivity index (χ3v) is 7.33. The number of halogens is 1. The summed E-state index contributed by atoms with van der Waals surface area (Å²) in [6, 6.07) is 23.9. The van der Waals surface area contributed by atoms with Crippen LogP contribution in [0.1, 0.15) is 61.3 Å². The standard InChI is InChI=1S/C32H37FN2O2/c1-2-24-16-18-25(19-17-24)20-21-31(36)35(23-27-12-6-9-15-29(27)33)30(22-26-10-4-3-5-11-26)32(37)34-28-13-7-8-14-28/h3-6,9-12,15-19,28,30H,2,7-8,13-14,20-23H2,1H3,(H,34,37)/t30-/m1/s1. The molecule has 37 heavy (non-hydrogen) atoms. The second-order valence-corrected chi connectivity index (χ2v) is 9.98. The Balaban J connectivity index is 1.60. The van der Waals surface area contributed by atoms with E-state index in [9.17, 15) is 14.0 Å². The number of aryl methyl sites for hydroxylation is 2. The molecule has 4 rings (SSSR count). The van der Waals surface area contributed by atoms with Crippen molar-refractivity contribution in [2.45, 2.75) is 76.9 Å². The number of carbonyl (C=O) groups excluding carboxylic acids is 2. The van der Waals surface area contributed by atoms with Gasteiger partial charge in [0.2, 0.25) is 11.8 Å². The first-order chi connectivity index (χ1) is 18.0. The van der Waals surface area contributed by atoms with Crippen molar-refractivity contribution in [2.75, 3.05) is 0 Å². The number of carbonyl (C=O) groups is 2. The lowest BCUT2D eigenvalue weighted by Gasteiger charge is -2.32. The van der Waals surface area contributed by atoms with E-state index >= 15 is 0 Å². The molecule has 3 aromatic carbocycles. The Morgan fingerprint density at radius 2 is 1.54 bits per heavy atom. The van der Waals surface area contributed by atoms with Crippen LogP contribution >= 0.6 is 0 Å². The molecule has 1 fully saturated rings. The highest BCUT2D eigenvalue weighted by Crippen LogP contribution is 2.21. The molecule has 0 saturated heterocycles. The van der Waals surface area contributed by atoms with Crippen LogP contribution in [0.25, 0.3) is 0 Å².